The third kappa shape index (κ3) is 4.71. The standard InChI is InChI=1S/C18H26N2O/c1-3-7-15(2)18(21)19-11-6-12-20-13-10-16-8-4-5-9-17(16)14-20/h4-5,7-9H,3,6,10-14H2,1-2H3,(H,19,21)/b15-7-. The summed E-state index contributed by atoms with van der Waals surface area (Å²) >= 11 is 0. The van der Waals surface area contributed by atoms with Crippen LogP contribution in [0.3, 0.4) is 0 Å². The number of allylic oxidation sites excluding steroid dienone is 1. The Labute approximate surface area is 128 Å². The molecule has 0 aliphatic carbocycles. The maximum Gasteiger partial charge on any atom is 0.246 e. The summed E-state index contributed by atoms with van der Waals surface area (Å²) in [6.07, 6.45) is 5.03. The summed E-state index contributed by atoms with van der Waals surface area (Å²) in [6, 6.07) is 8.69. The van der Waals surface area contributed by atoms with Crippen LogP contribution in [0.1, 0.15) is 37.8 Å². The molecule has 2 rings (SSSR count). The monoisotopic (exact) mass is 286 g/mol. The molecule has 3 nitrogen and oxygen atoms in total. The Morgan fingerprint density at radius 1 is 1.33 bits per heavy atom. The van der Waals surface area contributed by atoms with Crippen molar-refractivity contribution in [2.24, 2.45) is 0 Å². The smallest absolute Gasteiger partial charge is 0.246 e. The minimum Gasteiger partial charge on any atom is -0.352 e. The average Bonchev–Trinajstić information content (AvgIpc) is 2.51. The van der Waals surface area contributed by atoms with E-state index in [0.717, 1.165) is 51.0 Å². The van der Waals surface area contributed by atoms with E-state index in [4.69, 9.17) is 0 Å². The highest BCUT2D eigenvalue weighted by Gasteiger charge is 2.14. The average molecular weight is 286 g/mol. The van der Waals surface area contributed by atoms with Gasteiger partial charge < -0.3 is 5.32 Å². The van der Waals surface area contributed by atoms with E-state index in [1.54, 1.807) is 0 Å². The fourth-order valence-corrected chi connectivity index (χ4v) is 2.79. The molecule has 1 aliphatic rings. The number of carbonyl (C=O) groups is 1. The molecule has 0 unspecified atom stereocenters. The van der Waals surface area contributed by atoms with Crippen molar-refractivity contribution in [1.29, 1.82) is 0 Å². The lowest BCUT2D eigenvalue weighted by atomic mass is 10.00. The van der Waals surface area contributed by atoms with Gasteiger partial charge in [-0.2, -0.15) is 0 Å². The van der Waals surface area contributed by atoms with Crippen molar-refractivity contribution in [3.05, 3.63) is 47.0 Å². The first-order valence-corrected chi connectivity index (χ1v) is 7.94. The van der Waals surface area contributed by atoms with E-state index in [2.05, 4.69) is 34.5 Å². The van der Waals surface area contributed by atoms with Crippen molar-refractivity contribution < 1.29 is 4.79 Å². The van der Waals surface area contributed by atoms with E-state index in [-0.39, 0.29) is 5.91 Å². The maximum atomic E-state index is 11.8. The Hall–Kier alpha value is -1.61. The second-order valence-electron chi connectivity index (χ2n) is 5.70. The first kappa shape index (κ1) is 15.8. The van der Waals surface area contributed by atoms with Crippen LogP contribution < -0.4 is 5.32 Å². The number of nitrogens with one attached hydrogen (secondary N) is 1. The van der Waals surface area contributed by atoms with Crippen LogP contribution in [0.25, 0.3) is 0 Å². The van der Waals surface area contributed by atoms with Gasteiger partial charge in [0.2, 0.25) is 5.91 Å². The molecule has 21 heavy (non-hydrogen) atoms. The molecule has 1 aromatic rings. The van der Waals surface area contributed by atoms with E-state index in [9.17, 15) is 4.79 Å². The van der Waals surface area contributed by atoms with Crippen LogP contribution in [0.15, 0.2) is 35.9 Å². The van der Waals surface area contributed by atoms with Gasteiger partial charge in [-0.25, -0.2) is 0 Å². The summed E-state index contributed by atoms with van der Waals surface area (Å²) < 4.78 is 0. The van der Waals surface area contributed by atoms with E-state index in [1.807, 2.05) is 19.9 Å². The van der Waals surface area contributed by atoms with Crippen LogP contribution in [0.4, 0.5) is 0 Å². The zero-order valence-electron chi connectivity index (χ0n) is 13.2. The molecule has 0 spiro atoms. The molecule has 1 aliphatic heterocycles. The number of nitrogens with zero attached hydrogens (tertiary/aromatic N) is 1. The highest BCUT2D eigenvalue weighted by atomic mass is 16.1. The van der Waals surface area contributed by atoms with Crippen molar-refractivity contribution >= 4 is 5.91 Å². The van der Waals surface area contributed by atoms with Gasteiger partial charge in [-0.05, 0) is 37.3 Å². The third-order valence-electron chi connectivity index (χ3n) is 4.01. The van der Waals surface area contributed by atoms with Gasteiger partial charge in [0.05, 0.1) is 0 Å². The molecule has 1 aromatic carbocycles. The van der Waals surface area contributed by atoms with Gasteiger partial charge >= 0.3 is 0 Å². The molecule has 114 valence electrons. The molecule has 0 atom stereocenters. The molecule has 0 bridgehead atoms. The molecular formula is C18H26N2O. The van der Waals surface area contributed by atoms with E-state index in [0.29, 0.717) is 0 Å². The summed E-state index contributed by atoms with van der Waals surface area (Å²) in [5.41, 5.74) is 3.77. The molecule has 3 heteroatoms. The summed E-state index contributed by atoms with van der Waals surface area (Å²) in [6.45, 7) is 7.89. The van der Waals surface area contributed by atoms with Crippen molar-refractivity contribution in [3.63, 3.8) is 0 Å². The molecular weight excluding hydrogens is 260 g/mol. The van der Waals surface area contributed by atoms with Gasteiger partial charge in [0.25, 0.3) is 0 Å². The first-order chi connectivity index (χ1) is 10.2. The van der Waals surface area contributed by atoms with Gasteiger partial charge in [0, 0.05) is 31.8 Å². The highest BCUT2D eigenvalue weighted by molar-refractivity contribution is 5.92. The van der Waals surface area contributed by atoms with E-state index >= 15 is 0 Å². The summed E-state index contributed by atoms with van der Waals surface area (Å²) in [5, 5.41) is 2.99. The highest BCUT2D eigenvalue weighted by Crippen LogP contribution is 2.18. The van der Waals surface area contributed by atoms with Crippen LogP contribution in [0.2, 0.25) is 0 Å². The molecule has 0 aromatic heterocycles. The number of benzene rings is 1. The van der Waals surface area contributed by atoms with Crippen LogP contribution in [-0.4, -0.2) is 30.4 Å². The first-order valence-electron chi connectivity index (χ1n) is 7.94. The van der Waals surface area contributed by atoms with Crippen LogP contribution >= 0.6 is 0 Å². The van der Waals surface area contributed by atoms with Crippen molar-refractivity contribution in [2.45, 2.75) is 39.7 Å². The lowest BCUT2D eigenvalue weighted by Gasteiger charge is -2.28. The lowest BCUT2D eigenvalue weighted by molar-refractivity contribution is -0.117. The number of hydrogen-bond acceptors (Lipinski definition) is 2. The SMILES string of the molecule is CC/C=C(/C)C(=O)NCCCN1CCc2ccccc2C1. The zero-order valence-corrected chi connectivity index (χ0v) is 13.2. The Morgan fingerprint density at radius 2 is 2.10 bits per heavy atom. The number of amides is 1. The summed E-state index contributed by atoms with van der Waals surface area (Å²) in [4.78, 5) is 14.2. The lowest BCUT2D eigenvalue weighted by Crippen LogP contribution is -2.33. The Kier molecular flexibility index (Phi) is 6.00. The van der Waals surface area contributed by atoms with Crippen LogP contribution in [0.5, 0.6) is 0 Å². The van der Waals surface area contributed by atoms with E-state index in [1.165, 1.54) is 11.1 Å². The number of fused-ring (bicyclic) bond motifs is 1. The van der Waals surface area contributed by atoms with Crippen LogP contribution in [0, 0.1) is 0 Å². The second kappa shape index (κ2) is 7.99. The van der Waals surface area contributed by atoms with Gasteiger partial charge in [0.1, 0.15) is 0 Å². The maximum absolute atomic E-state index is 11.8. The number of hydrogen-bond donors (Lipinski definition) is 1. The topological polar surface area (TPSA) is 32.3 Å². The normalized spacial score (nSPS) is 15.6. The molecule has 1 heterocycles. The summed E-state index contributed by atoms with van der Waals surface area (Å²) in [7, 11) is 0. The number of carbonyl (C=O) groups excluding carboxylic acids is 1. The van der Waals surface area contributed by atoms with Gasteiger partial charge in [-0.3, -0.25) is 9.69 Å². The largest absolute Gasteiger partial charge is 0.352 e. The molecule has 1 amide bonds. The Balaban J connectivity index is 1.69. The predicted molar refractivity (Wildman–Crippen MR) is 87.1 cm³/mol. The van der Waals surface area contributed by atoms with Crippen molar-refractivity contribution in [3.8, 4) is 0 Å². The molecule has 0 saturated heterocycles. The molecule has 0 saturated carbocycles. The van der Waals surface area contributed by atoms with E-state index < -0.39 is 0 Å². The van der Waals surface area contributed by atoms with Crippen molar-refractivity contribution in [2.75, 3.05) is 19.6 Å². The minimum absolute atomic E-state index is 0.0702. The fourth-order valence-electron chi connectivity index (χ4n) is 2.79. The fraction of sp³-hybridized carbons (Fsp3) is 0.500. The quantitative estimate of drug-likeness (QED) is 0.644. The summed E-state index contributed by atoms with van der Waals surface area (Å²) in [5.74, 6) is 0.0702. The minimum atomic E-state index is 0.0702. The third-order valence-corrected chi connectivity index (χ3v) is 4.01. The zero-order chi connectivity index (χ0) is 15.1. The van der Waals surface area contributed by atoms with Gasteiger partial charge in [-0.1, -0.05) is 37.3 Å². The van der Waals surface area contributed by atoms with Crippen LogP contribution in [-0.2, 0) is 17.8 Å². The molecule has 0 fully saturated rings. The predicted octanol–water partition coefficient (Wildman–Crippen LogP) is 2.91. The molecule has 1 N–H and O–H groups in total. The van der Waals surface area contributed by atoms with Gasteiger partial charge in [0.15, 0.2) is 0 Å². The van der Waals surface area contributed by atoms with Crippen molar-refractivity contribution in [1.82, 2.24) is 10.2 Å². The Bertz CT molecular complexity index is 508. The number of rotatable bonds is 6. The Morgan fingerprint density at radius 3 is 2.86 bits per heavy atom. The van der Waals surface area contributed by atoms with Gasteiger partial charge in [-0.15, -0.1) is 0 Å². The second-order valence-corrected chi connectivity index (χ2v) is 5.70. The molecule has 0 radical (unpaired) electrons.